The van der Waals surface area contributed by atoms with Gasteiger partial charge >= 0.3 is 0 Å². The first-order chi connectivity index (χ1) is 7.31. The van der Waals surface area contributed by atoms with Crippen LogP contribution in [0.25, 0.3) is 10.9 Å². The third-order valence-electron chi connectivity index (χ3n) is 2.42. The van der Waals surface area contributed by atoms with Crippen LogP contribution in [0.15, 0.2) is 30.5 Å². The molecule has 0 saturated heterocycles. The molecule has 1 heterocycles. The molecule has 0 fully saturated rings. The molecule has 0 radical (unpaired) electrons. The van der Waals surface area contributed by atoms with Crippen molar-refractivity contribution in [2.24, 2.45) is 7.05 Å². The van der Waals surface area contributed by atoms with Gasteiger partial charge < -0.3 is 14.0 Å². The van der Waals surface area contributed by atoms with Crippen LogP contribution in [-0.2, 0) is 11.8 Å². The van der Waals surface area contributed by atoms with E-state index in [1.54, 1.807) is 7.11 Å². The summed E-state index contributed by atoms with van der Waals surface area (Å²) >= 11 is 0. The van der Waals surface area contributed by atoms with Crippen LogP contribution in [0, 0.1) is 0 Å². The maximum absolute atomic E-state index is 5.54. The summed E-state index contributed by atoms with van der Waals surface area (Å²) in [6, 6.07) is 8.19. The van der Waals surface area contributed by atoms with Gasteiger partial charge in [-0.05, 0) is 23.6 Å². The van der Waals surface area contributed by atoms with Gasteiger partial charge in [-0.25, -0.2) is 0 Å². The summed E-state index contributed by atoms with van der Waals surface area (Å²) in [7, 11) is 3.70. The second-order valence-corrected chi connectivity index (χ2v) is 3.49. The first-order valence-corrected chi connectivity index (χ1v) is 4.98. The summed E-state index contributed by atoms with van der Waals surface area (Å²) in [5.41, 5.74) is 1.19. The fourth-order valence-corrected chi connectivity index (χ4v) is 1.57. The number of methoxy groups -OCH3 is 1. The first-order valence-electron chi connectivity index (χ1n) is 4.98. The Balaban J connectivity index is 2.18. The maximum atomic E-state index is 5.54. The average Bonchev–Trinajstić information content (AvgIpc) is 2.61. The number of hydrogen-bond acceptors (Lipinski definition) is 2. The molecule has 3 heteroatoms. The third-order valence-corrected chi connectivity index (χ3v) is 2.42. The lowest BCUT2D eigenvalue weighted by molar-refractivity contribution is 0.146. The fourth-order valence-electron chi connectivity index (χ4n) is 1.57. The first kappa shape index (κ1) is 10.1. The molecule has 15 heavy (non-hydrogen) atoms. The van der Waals surface area contributed by atoms with E-state index >= 15 is 0 Å². The Morgan fingerprint density at radius 3 is 2.87 bits per heavy atom. The molecular weight excluding hydrogens is 190 g/mol. The number of benzene rings is 1. The van der Waals surface area contributed by atoms with Crippen molar-refractivity contribution >= 4 is 10.9 Å². The molecule has 0 atom stereocenters. The third kappa shape index (κ3) is 2.13. The molecule has 0 saturated carbocycles. The number of fused-ring (bicyclic) bond motifs is 1. The Hall–Kier alpha value is -1.48. The van der Waals surface area contributed by atoms with E-state index < -0.39 is 0 Å². The van der Waals surface area contributed by atoms with Crippen molar-refractivity contribution in [3.8, 4) is 5.75 Å². The van der Waals surface area contributed by atoms with E-state index in [1.165, 1.54) is 10.9 Å². The van der Waals surface area contributed by atoms with Crippen LogP contribution < -0.4 is 4.74 Å². The molecule has 0 aliphatic heterocycles. The largest absolute Gasteiger partial charge is 0.491 e. The molecule has 0 unspecified atom stereocenters. The van der Waals surface area contributed by atoms with Gasteiger partial charge in [0, 0.05) is 26.4 Å². The molecule has 0 amide bonds. The van der Waals surface area contributed by atoms with Crippen molar-refractivity contribution < 1.29 is 9.47 Å². The zero-order valence-electron chi connectivity index (χ0n) is 9.06. The summed E-state index contributed by atoms with van der Waals surface area (Å²) in [6.07, 6.45) is 2.05. The van der Waals surface area contributed by atoms with Crippen LogP contribution in [0.1, 0.15) is 0 Å². The zero-order valence-corrected chi connectivity index (χ0v) is 9.06. The highest BCUT2D eigenvalue weighted by atomic mass is 16.5. The van der Waals surface area contributed by atoms with Gasteiger partial charge in [-0.1, -0.05) is 0 Å². The highest BCUT2D eigenvalue weighted by Crippen LogP contribution is 2.21. The Bertz CT molecular complexity index is 448. The molecule has 1 aromatic heterocycles. The molecule has 2 aromatic rings. The van der Waals surface area contributed by atoms with Crippen molar-refractivity contribution in [3.05, 3.63) is 30.5 Å². The lowest BCUT2D eigenvalue weighted by Crippen LogP contribution is -2.04. The summed E-state index contributed by atoms with van der Waals surface area (Å²) < 4.78 is 12.6. The van der Waals surface area contributed by atoms with Crippen LogP contribution in [0.3, 0.4) is 0 Å². The van der Waals surface area contributed by atoms with Crippen LogP contribution >= 0.6 is 0 Å². The number of ether oxygens (including phenoxy) is 2. The summed E-state index contributed by atoms with van der Waals surface area (Å²) in [5, 5.41) is 1.23. The van der Waals surface area contributed by atoms with Gasteiger partial charge in [0.05, 0.1) is 12.1 Å². The minimum Gasteiger partial charge on any atom is -0.491 e. The minimum atomic E-state index is 0.590. The van der Waals surface area contributed by atoms with E-state index in [1.807, 2.05) is 25.4 Å². The van der Waals surface area contributed by atoms with Crippen molar-refractivity contribution in [2.75, 3.05) is 20.3 Å². The van der Waals surface area contributed by atoms with Crippen molar-refractivity contribution in [3.63, 3.8) is 0 Å². The highest BCUT2D eigenvalue weighted by molar-refractivity contribution is 5.81. The monoisotopic (exact) mass is 205 g/mol. The number of aryl methyl sites for hydroxylation is 1. The van der Waals surface area contributed by atoms with Gasteiger partial charge in [-0.2, -0.15) is 0 Å². The molecule has 0 spiro atoms. The van der Waals surface area contributed by atoms with E-state index in [0.717, 1.165) is 5.75 Å². The van der Waals surface area contributed by atoms with E-state index in [-0.39, 0.29) is 0 Å². The van der Waals surface area contributed by atoms with Gasteiger partial charge in [-0.3, -0.25) is 0 Å². The molecule has 0 aliphatic carbocycles. The quantitative estimate of drug-likeness (QED) is 0.714. The maximum Gasteiger partial charge on any atom is 0.121 e. The number of aromatic nitrogens is 1. The van der Waals surface area contributed by atoms with E-state index in [4.69, 9.17) is 9.47 Å². The molecule has 0 N–H and O–H groups in total. The molecule has 0 aliphatic rings. The van der Waals surface area contributed by atoms with Gasteiger partial charge in [0.15, 0.2) is 0 Å². The Kier molecular flexibility index (Phi) is 2.92. The van der Waals surface area contributed by atoms with Crippen LogP contribution in [0.5, 0.6) is 5.75 Å². The van der Waals surface area contributed by atoms with E-state index in [2.05, 4.69) is 16.7 Å². The minimum absolute atomic E-state index is 0.590. The van der Waals surface area contributed by atoms with Gasteiger partial charge in [-0.15, -0.1) is 0 Å². The summed E-state index contributed by atoms with van der Waals surface area (Å²) in [5.74, 6) is 0.890. The van der Waals surface area contributed by atoms with Gasteiger partial charge in [0.2, 0.25) is 0 Å². The average molecular weight is 205 g/mol. The fraction of sp³-hybridized carbons (Fsp3) is 0.333. The topological polar surface area (TPSA) is 23.4 Å². The van der Waals surface area contributed by atoms with Crippen LogP contribution in [0.4, 0.5) is 0 Å². The SMILES string of the molecule is COCCOc1ccc2ccn(C)c2c1. The number of hydrogen-bond donors (Lipinski definition) is 0. The Morgan fingerprint density at radius 2 is 2.07 bits per heavy atom. The standard InChI is InChI=1S/C12H15NO2/c1-13-6-5-10-3-4-11(9-12(10)13)15-8-7-14-2/h3-6,9H,7-8H2,1-2H3. The Morgan fingerprint density at radius 1 is 1.20 bits per heavy atom. The van der Waals surface area contributed by atoms with E-state index in [9.17, 15) is 0 Å². The highest BCUT2D eigenvalue weighted by Gasteiger charge is 2.00. The molecule has 0 bridgehead atoms. The van der Waals surface area contributed by atoms with Gasteiger partial charge in [0.1, 0.15) is 12.4 Å². The molecule has 3 nitrogen and oxygen atoms in total. The summed E-state index contributed by atoms with van der Waals surface area (Å²) in [4.78, 5) is 0. The number of rotatable bonds is 4. The predicted octanol–water partition coefficient (Wildman–Crippen LogP) is 2.20. The molecular formula is C12H15NO2. The van der Waals surface area contributed by atoms with Crippen LogP contribution in [-0.4, -0.2) is 24.9 Å². The Labute approximate surface area is 89.2 Å². The van der Waals surface area contributed by atoms with Crippen molar-refractivity contribution in [2.45, 2.75) is 0 Å². The number of nitrogens with zero attached hydrogens (tertiary/aromatic N) is 1. The summed E-state index contributed by atoms with van der Waals surface area (Å²) in [6.45, 7) is 1.21. The lowest BCUT2D eigenvalue weighted by atomic mass is 10.2. The lowest BCUT2D eigenvalue weighted by Gasteiger charge is -2.05. The van der Waals surface area contributed by atoms with E-state index in [0.29, 0.717) is 13.2 Å². The second kappa shape index (κ2) is 4.36. The smallest absolute Gasteiger partial charge is 0.121 e. The zero-order chi connectivity index (χ0) is 10.7. The molecule has 2 rings (SSSR count). The normalized spacial score (nSPS) is 10.8. The van der Waals surface area contributed by atoms with Gasteiger partial charge in [0.25, 0.3) is 0 Å². The van der Waals surface area contributed by atoms with Crippen molar-refractivity contribution in [1.82, 2.24) is 4.57 Å². The van der Waals surface area contributed by atoms with Crippen LogP contribution in [0.2, 0.25) is 0 Å². The predicted molar refractivity (Wildman–Crippen MR) is 60.3 cm³/mol. The molecule has 1 aromatic carbocycles. The molecule has 80 valence electrons. The second-order valence-electron chi connectivity index (χ2n) is 3.49. The van der Waals surface area contributed by atoms with Crippen molar-refractivity contribution in [1.29, 1.82) is 0 Å².